The number of likely N-dealkylation sites (N-methyl/N-ethyl adjacent to an activating group) is 6. The van der Waals surface area contributed by atoms with E-state index in [1.165, 1.54) is 67.8 Å². The molecule has 0 aromatic rings. The monoisotopic (exact) mass is 1210 g/mol. The second-order valence-corrected chi connectivity index (χ2v) is 26.8. The highest BCUT2D eigenvalue weighted by molar-refractivity contribution is 6.10. The fourth-order valence-corrected chi connectivity index (χ4v) is 11.0. The molecule has 86 heavy (non-hydrogen) atoms. The Kier molecular flexibility index (Phi) is 29.4. The molecule has 0 unspecified atom stereocenters. The molecule has 0 spiro atoms. The molecule has 22 nitrogen and oxygen atoms in total. The molecule has 0 aromatic heterocycles. The van der Waals surface area contributed by atoms with Gasteiger partial charge in [-0.3, -0.25) is 57.6 Å². The summed E-state index contributed by atoms with van der Waals surface area (Å²) in [7, 11) is 9.07. The van der Waals surface area contributed by atoms with E-state index in [0.717, 1.165) is 9.80 Å². The second kappa shape index (κ2) is 33.5. The van der Waals surface area contributed by atoms with Crippen molar-refractivity contribution in [2.24, 2.45) is 47.3 Å². The van der Waals surface area contributed by atoms with Crippen LogP contribution in [0.4, 0.5) is 0 Å². The third kappa shape index (κ3) is 20.0. The van der Waals surface area contributed by atoms with E-state index >= 15 is 14.4 Å². The number of amides is 10. The van der Waals surface area contributed by atoms with Gasteiger partial charge in [0.2, 0.25) is 47.3 Å². The van der Waals surface area contributed by atoms with Crippen LogP contribution < -0.4 is 21.3 Å². The van der Waals surface area contributed by atoms with Crippen LogP contribution in [0.3, 0.4) is 0 Å². The van der Waals surface area contributed by atoms with Crippen LogP contribution >= 0.6 is 0 Å². The number of fused-ring (bicyclic) bond motifs is 1. The number of carbonyl (C=O) groups excluding carboxylic acids is 11. The summed E-state index contributed by atoms with van der Waals surface area (Å²) in [6.45, 7) is 31.6. The highest BCUT2D eigenvalue weighted by atomic mass is 16.2. The van der Waals surface area contributed by atoms with Gasteiger partial charge in [-0.05, 0) is 94.3 Å². The molecule has 4 N–H and O–H groups in total. The van der Waals surface area contributed by atoms with Gasteiger partial charge in [-0.15, -0.1) is 0 Å². The van der Waals surface area contributed by atoms with Crippen molar-refractivity contribution in [1.29, 1.82) is 0 Å². The molecule has 2 aliphatic heterocycles. The number of hydrogen-bond acceptors (Lipinski definition) is 12. The van der Waals surface area contributed by atoms with Crippen molar-refractivity contribution in [3.63, 3.8) is 0 Å². The summed E-state index contributed by atoms with van der Waals surface area (Å²) < 4.78 is 0. The van der Waals surface area contributed by atoms with Crippen molar-refractivity contribution in [3.05, 3.63) is 29.8 Å². The molecule has 10 amide bonds. The molecule has 486 valence electrons. The van der Waals surface area contributed by atoms with Gasteiger partial charge in [0, 0.05) is 48.2 Å². The zero-order chi connectivity index (χ0) is 66.3. The Morgan fingerprint density at radius 1 is 0.500 bits per heavy atom. The largest absolute Gasteiger partial charge is 0.358 e. The second-order valence-electron chi connectivity index (χ2n) is 26.8. The molecule has 22 heteroatoms. The highest BCUT2D eigenvalue weighted by Gasteiger charge is 2.47. The molecule has 2 bridgehead atoms. The van der Waals surface area contributed by atoms with Gasteiger partial charge in [0.25, 0.3) is 11.8 Å². The molecule has 0 fully saturated rings. The number of Topliss-reactive ketones (excluding diaryl/α,β-unsaturated/α-hetero) is 1. The number of allylic oxidation sites excluding steroid dienone is 2. The lowest BCUT2D eigenvalue weighted by atomic mass is 9.92. The van der Waals surface area contributed by atoms with Crippen LogP contribution in [0.2, 0.25) is 0 Å². The maximum Gasteiger partial charge on any atom is 0.251 e. The first-order valence-electron chi connectivity index (χ1n) is 30.9. The van der Waals surface area contributed by atoms with E-state index in [4.69, 9.17) is 0 Å². The van der Waals surface area contributed by atoms with Crippen LogP contribution in [-0.2, 0) is 52.7 Å². The molecular formula is C64H109N11O11. The zero-order valence-corrected chi connectivity index (χ0v) is 56.5. The topological polar surface area (TPSA) is 259 Å². The quantitative estimate of drug-likeness (QED) is 0.0999. The van der Waals surface area contributed by atoms with Gasteiger partial charge in [0.05, 0.1) is 24.5 Å². The molecule has 11 atom stereocenters. The molecule has 0 aliphatic carbocycles. The fourth-order valence-electron chi connectivity index (χ4n) is 11.0. The Bertz CT molecular complexity index is 2520. The number of nitrogens with zero attached hydrogens (tertiary/aromatic N) is 7. The molecular weight excluding hydrogens is 1100 g/mol. The van der Waals surface area contributed by atoms with E-state index in [1.54, 1.807) is 72.7 Å². The highest BCUT2D eigenvalue weighted by Crippen LogP contribution is 2.30. The first-order chi connectivity index (χ1) is 39.7. The number of hydrogen-bond donors (Lipinski definition) is 4. The average Bonchev–Trinajstić information content (AvgIpc) is 1.71. The number of rotatable bonds is 15. The van der Waals surface area contributed by atoms with E-state index in [9.17, 15) is 38.4 Å². The van der Waals surface area contributed by atoms with Crippen LogP contribution in [-0.4, -0.2) is 208 Å². The fraction of sp³-hybridized carbons (Fsp3) is 0.750. The Hall–Kier alpha value is -6.57. The van der Waals surface area contributed by atoms with Gasteiger partial charge in [0.15, 0.2) is 11.8 Å². The summed E-state index contributed by atoms with van der Waals surface area (Å²) in [6.07, 6.45) is 5.96. The smallest absolute Gasteiger partial charge is 0.251 e. The predicted molar refractivity (Wildman–Crippen MR) is 333 cm³/mol. The summed E-state index contributed by atoms with van der Waals surface area (Å²) in [5.74, 6) is -9.94. The third-order valence-corrected chi connectivity index (χ3v) is 16.3. The van der Waals surface area contributed by atoms with Crippen molar-refractivity contribution in [2.75, 3.05) is 48.8 Å². The van der Waals surface area contributed by atoms with E-state index in [1.807, 2.05) is 69.2 Å². The minimum Gasteiger partial charge on any atom is -0.358 e. The van der Waals surface area contributed by atoms with Gasteiger partial charge in [0.1, 0.15) is 48.3 Å². The van der Waals surface area contributed by atoms with Crippen LogP contribution in [0.15, 0.2) is 29.8 Å². The van der Waals surface area contributed by atoms with Crippen molar-refractivity contribution >= 4 is 64.9 Å². The molecule has 2 aliphatic rings. The Labute approximate surface area is 514 Å². The Balaban J connectivity index is 3.13. The maximum absolute atomic E-state index is 15.3. The minimum atomic E-state index is -1.82. The SMILES string of the molecule is C/C=C/C[C@@H](C)C(=O)[C@H]1C(=O)N[C@@H](C(C)C)C(=O)N(C)CC(=O)N(C)[C@@H](CC(C)C)C(=O)N[C@@H](C(C)C)C(=O)N(C)[C@@H](CC(C)C)C(=O)N[C@@H](C)C(=O)N[C@H](C)C(=O)N(C)[C@@H](CC(C)C)C(=O)N(C)[C@@H](CC(C)C)C2=C=CN1C(=O)[C@H](C(C)C)N2C. The lowest BCUT2D eigenvalue weighted by Crippen LogP contribution is -2.61. The zero-order valence-electron chi connectivity index (χ0n) is 56.5. The van der Waals surface area contributed by atoms with Gasteiger partial charge >= 0.3 is 0 Å². The van der Waals surface area contributed by atoms with Crippen molar-refractivity contribution in [1.82, 2.24) is 55.6 Å². The van der Waals surface area contributed by atoms with E-state index < -0.39 is 155 Å². The molecule has 2 heterocycles. The Morgan fingerprint density at radius 3 is 1.42 bits per heavy atom. The molecule has 2 rings (SSSR count). The lowest BCUT2D eigenvalue weighted by Gasteiger charge is -2.41. The number of ketones is 1. The maximum atomic E-state index is 15.3. The van der Waals surface area contributed by atoms with Gasteiger partial charge in [-0.25, -0.2) is 0 Å². The van der Waals surface area contributed by atoms with Crippen LogP contribution in [0.25, 0.3) is 0 Å². The standard InChI is InChI=1S/C64H109N11O11/c1-25-26-27-42(16)55(77)54-59(81)68-51(39(10)11)62(84)69(19)34-50(76)70(20)47(31-36(4)5)58(80)67-52(40(12)13)63(85)73(23)48(32-37(6)7)57(79)65-43(17)56(78)66-44(18)60(82)74(24)49(33-38(8)9)61(83)72(22)46(30-35(2)3)45-28-29-75(54)64(86)53(41(14)15)71(45)21/h25-26,29,35-44,46-49,51-54H,27,30-34H2,1-24H3,(H,65,79)(H,66,78)(H,67,80)(H,68,81)/b26-25+/t42-,43+,44-,46+,47+,48+,49+,51+,52+,53+,54+/m1/s1. The van der Waals surface area contributed by atoms with Crippen LogP contribution in [0.5, 0.6) is 0 Å². The molecule has 0 radical (unpaired) electrons. The van der Waals surface area contributed by atoms with Crippen molar-refractivity contribution < 1.29 is 52.7 Å². The number of nitrogens with one attached hydrogen (secondary N) is 4. The molecule has 0 saturated carbocycles. The summed E-state index contributed by atoms with van der Waals surface area (Å²) >= 11 is 0. The van der Waals surface area contributed by atoms with Gasteiger partial charge in [-0.1, -0.05) is 122 Å². The van der Waals surface area contributed by atoms with Gasteiger partial charge in [-0.2, -0.15) is 0 Å². The van der Waals surface area contributed by atoms with Crippen molar-refractivity contribution in [3.8, 4) is 0 Å². The summed E-state index contributed by atoms with van der Waals surface area (Å²) in [5.41, 5.74) is 3.67. The van der Waals surface area contributed by atoms with E-state index in [-0.39, 0.29) is 49.4 Å². The van der Waals surface area contributed by atoms with E-state index in [2.05, 4.69) is 27.0 Å². The predicted octanol–water partition coefficient (Wildman–Crippen LogP) is 4.58. The van der Waals surface area contributed by atoms with Crippen LogP contribution in [0, 0.1) is 47.3 Å². The van der Waals surface area contributed by atoms with E-state index in [0.29, 0.717) is 12.1 Å². The van der Waals surface area contributed by atoms with Crippen molar-refractivity contribution in [2.45, 2.75) is 217 Å². The minimum absolute atomic E-state index is 0.0470. The first-order valence-corrected chi connectivity index (χ1v) is 30.9. The normalized spacial score (nSPS) is 26.6. The molecule has 0 aromatic carbocycles. The number of carbonyl (C=O) groups is 11. The first kappa shape index (κ1) is 75.5. The average molecular weight is 1210 g/mol. The van der Waals surface area contributed by atoms with Gasteiger partial charge < -0.3 is 50.7 Å². The summed E-state index contributed by atoms with van der Waals surface area (Å²) in [6, 6.07) is -11.8. The van der Waals surface area contributed by atoms with Crippen LogP contribution in [0.1, 0.15) is 157 Å². The lowest BCUT2D eigenvalue weighted by molar-refractivity contribution is -0.150. The summed E-state index contributed by atoms with van der Waals surface area (Å²) in [5, 5.41) is 11.1. The molecule has 0 saturated heterocycles. The summed E-state index contributed by atoms with van der Waals surface area (Å²) in [4.78, 5) is 171. The Morgan fingerprint density at radius 2 is 0.930 bits per heavy atom. The third-order valence-electron chi connectivity index (χ3n) is 16.3.